The number of nitrogens with zero attached hydrogens (tertiary/aromatic N) is 4. The van der Waals surface area contributed by atoms with E-state index in [4.69, 9.17) is 5.73 Å². The van der Waals surface area contributed by atoms with Crippen LogP contribution in [0, 0.1) is 0 Å². The molecule has 2 rings (SSSR count). The number of aromatic nitrogens is 3. The molecule has 2 heterocycles. The topological polar surface area (TPSA) is 94.1 Å². The minimum absolute atomic E-state index is 0.0164. The molecule has 0 amide bonds. The molecule has 1 aromatic heterocycles. The Morgan fingerprint density at radius 1 is 1.59 bits per heavy atom. The average Bonchev–Trinajstić information content (AvgIpc) is 2.85. The molecule has 1 aliphatic rings. The van der Waals surface area contributed by atoms with E-state index >= 15 is 0 Å². The molecular weight excluding hydrogens is 242 g/mol. The fourth-order valence-electron chi connectivity index (χ4n) is 2.17. The van der Waals surface area contributed by atoms with E-state index in [2.05, 4.69) is 10.3 Å². The number of nitrogens with two attached hydrogens (primary N) is 1. The van der Waals surface area contributed by atoms with Crippen molar-refractivity contribution in [1.82, 2.24) is 19.3 Å². The average molecular weight is 259 g/mol. The smallest absolute Gasteiger partial charge is 0.211 e. The number of sulfonamides is 1. The van der Waals surface area contributed by atoms with E-state index in [0.717, 1.165) is 12.8 Å². The summed E-state index contributed by atoms with van der Waals surface area (Å²) >= 11 is 0. The van der Waals surface area contributed by atoms with Crippen LogP contribution in [0.25, 0.3) is 0 Å². The molecule has 7 nitrogen and oxygen atoms in total. The summed E-state index contributed by atoms with van der Waals surface area (Å²) in [4.78, 5) is 0. The van der Waals surface area contributed by atoms with Gasteiger partial charge in [0.2, 0.25) is 10.0 Å². The Kier molecular flexibility index (Phi) is 3.45. The predicted octanol–water partition coefficient (Wildman–Crippen LogP) is -0.839. The van der Waals surface area contributed by atoms with Crippen molar-refractivity contribution in [3.63, 3.8) is 0 Å². The number of hydrogen-bond acceptors (Lipinski definition) is 5. The van der Waals surface area contributed by atoms with Crippen molar-refractivity contribution in [2.24, 2.45) is 5.73 Å². The third-order valence-electron chi connectivity index (χ3n) is 2.94. The third kappa shape index (κ3) is 2.82. The number of hydrogen-bond donors (Lipinski definition) is 1. The van der Waals surface area contributed by atoms with Gasteiger partial charge in [0, 0.05) is 25.3 Å². The van der Waals surface area contributed by atoms with Crippen LogP contribution in [-0.2, 0) is 23.1 Å². The Bertz CT molecular complexity index is 483. The van der Waals surface area contributed by atoms with Gasteiger partial charge in [0.25, 0.3) is 0 Å². The highest BCUT2D eigenvalue weighted by Crippen LogP contribution is 2.21. The van der Waals surface area contributed by atoms with Gasteiger partial charge in [-0.25, -0.2) is 8.42 Å². The Labute approximate surface area is 101 Å². The fraction of sp³-hybridized carbons (Fsp3) is 0.778. The molecule has 1 saturated heterocycles. The molecule has 1 unspecified atom stereocenters. The summed E-state index contributed by atoms with van der Waals surface area (Å²) in [6.07, 6.45) is 4.78. The van der Waals surface area contributed by atoms with E-state index < -0.39 is 10.0 Å². The summed E-state index contributed by atoms with van der Waals surface area (Å²) in [5.74, 6) is 0. The lowest BCUT2D eigenvalue weighted by Gasteiger charge is -2.21. The van der Waals surface area contributed by atoms with Crippen molar-refractivity contribution in [2.45, 2.75) is 32.0 Å². The molecule has 0 aliphatic carbocycles. The highest BCUT2D eigenvalue weighted by molar-refractivity contribution is 7.88. The zero-order valence-electron chi connectivity index (χ0n) is 9.78. The summed E-state index contributed by atoms with van der Waals surface area (Å²) < 4.78 is 26.3. The molecule has 1 aliphatic heterocycles. The lowest BCUT2D eigenvalue weighted by Crippen LogP contribution is -2.37. The second kappa shape index (κ2) is 4.71. The van der Waals surface area contributed by atoms with Gasteiger partial charge >= 0.3 is 0 Å². The molecular formula is C9H17N5O2S. The summed E-state index contributed by atoms with van der Waals surface area (Å²) in [6, 6.07) is -0.0164. The highest BCUT2D eigenvalue weighted by Gasteiger charge is 2.31. The van der Waals surface area contributed by atoms with Crippen LogP contribution in [0.3, 0.4) is 0 Å². The molecule has 0 spiro atoms. The van der Waals surface area contributed by atoms with Gasteiger partial charge in [-0.2, -0.15) is 4.31 Å². The van der Waals surface area contributed by atoms with Crippen molar-refractivity contribution < 1.29 is 8.42 Å². The van der Waals surface area contributed by atoms with Gasteiger partial charge in [-0.15, -0.1) is 5.10 Å². The van der Waals surface area contributed by atoms with Crippen molar-refractivity contribution >= 4 is 10.0 Å². The zero-order chi connectivity index (χ0) is 12.5. The maximum absolute atomic E-state index is 11.6. The second-order valence-electron chi connectivity index (χ2n) is 4.31. The third-order valence-corrected chi connectivity index (χ3v) is 4.27. The van der Waals surface area contributed by atoms with Crippen LogP contribution >= 0.6 is 0 Å². The van der Waals surface area contributed by atoms with Gasteiger partial charge in [0.05, 0.1) is 18.5 Å². The zero-order valence-corrected chi connectivity index (χ0v) is 10.6. The fourth-order valence-corrected chi connectivity index (χ4v) is 3.34. The SMILES string of the molecule is CS(=O)(=O)N1CCCC1Cn1cc(CN)nn1. The van der Waals surface area contributed by atoms with E-state index in [9.17, 15) is 8.42 Å². The van der Waals surface area contributed by atoms with Crippen LogP contribution in [0.4, 0.5) is 0 Å². The monoisotopic (exact) mass is 259 g/mol. The van der Waals surface area contributed by atoms with Gasteiger partial charge < -0.3 is 5.73 Å². The molecule has 1 atom stereocenters. The summed E-state index contributed by atoms with van der Waals surface area (Å²) in [7, 11) is -3.12. The predicted molar refractivity (Wildman–Crippen MR) is 62.5 cm³/mol. The minimum atomic E-state index is -3.12. The largest absolute Gasteiger partial charge is 0.325 e. The minimum Gasteiger partial charge on any atom is -0.325 e. The first-order chi connectivity index (χ1) is 8.00. The number of rotatable bonds is 4. The van der Waals surface area contributed by atoms with Crippen LogP contribution in [0.15, 0.2) is 6.20 Å². The van der Waals surface area contributed by atoms with Crippen LogP contribution in [0.2, 0.25) is 0 Å². The molecule has 0 radical (unpaired) electrons. The lowest BCUT2D eigenvalue weighted by molar-refractivity contribution is 0.340. The van der Waals surface area contributed by atoms with Gasteiger partial charge in [0.15, 0.2) is 0 Å². The van der Waals surface area contributed by atoms with Crippen LogP contribution in [0.1, 0.15) is 18.5 Å². The van der Waals surface area contributed by atoms with Crippen molar-refractivity contribution in [2.75, 3.05) is 12.8 Å². The van der Waals surface area contributed by atoms with Gasteiger partial charge in [-0.05, 0) is 12.8 Å². The van der Waals surface area contributed by atoms with Crippen LogP contribution in [0.5, 0.6) is 0 Å². The first-order valence-electron chi connectivity index (χ1n) is 5.56. The molecule has 0 bridgehead atoms. The molecule has 17 heavy (non-hydrogen) atoms. The molecule has 0 aromatic carbocycles. The summed E-state index contributed by atoms with van der Waals surface area (Å²) in [5, 5.41) is 7.82. The maximum atomic E-state index is 11.6. The van der Waals surface area contributed by atoms with Crippen LogP contribution < -0.4 is 5.73 Å². The Morgan fingerprint density at radius 2 is 2.35 bits per heavy atom. The molecule has 96 valence electrons. The van der Waals surface area contributed by atoms with E-state index in [-0.39, 0.29) is 6.04 Å². The quantitative estimate of drug-likeness (QED) is 0.761. The van der Waals surface area contributed by atoms with Crippen molar-refractivity contribution in [3.8, 4) is 0 Å². The molecule has 0 saturated carbocycles. The molecule has 2 N–H and O–H groups in total. The molecule has 1 aromatic rings. The molecule has 8 heteroatoms. The van der Waals surface area contributed by atoms with E-state index in [1.807, 2.05) is 0 Å². The first kappa shape index (κ1) is 12.5. The standard InChI is InChI=1S/C9H17N5O2S/c1-17(15,16)14-4-2-3-9(14)7-13-6-8(5-10)11-12-13/h6,9H,2-5,7,10H2,1H3. The Morgan fingerprint density at radius 3 is 2.94 bits per heavy atom. The van der Waals surface area contributed by atoms with E-state index in [0.29, 0.717) is 25.3 Å². The highest BCUT2D eigenvalue weighted by atomic mass is 32.2. The Balaban J connectivity index is 2.08. The van der Waals surface area contributed by atoms with Gasteiger partial charge in [-0.3, -0.25) is 4.68 Å². The first-order valence-corrected chi connectivity index (χ1v) is 7.41. The van der Waals surface area contributed by atoms with Gasteiger partial charge in [-0.1, -0.05) is 5.21 Å². The summed E-state index contributed by atoms with van der Waals surface area (Å²) in [6.45, 7) is 1.49. The van der Waals surface area contributed by atoms with Crippen LogP contribution in [-0.4, -0.2) is 46.6 Å². The Hall–Kier alpha value is -0.990. The van der Waals surface area contributed by atoms with Gasteiger partial charge in [0.1, 0.15) is 0 Å². The second-order valence-corrected chi connectivity index (χ2v) is 6.24. The van der Waals surface area contributed by atoms with E-state index in [1.165, 1.54) is 10.6 Å². The van der Waals surface area contributed by atoms with Crippen molar-refractivity contribution in [1.29, 1.82) is 0 Å². The van der Waals surface area contributed by atoms with E-state index in [1.54, 1.807) is 10.9 Å². The maximum Gasteiger partial charge on any atom is 0.211 e. The van der Waals surface area contributed by atoms with Crippen molar-refractivity contribution in [3.05, 3.63) is 11.9 Å². The normalized spacial score (nSPS) is 22.1. The molecule has 1 fully saturated rings. The lowest BCUT2D eigenvalue weighted by atomic mass is 10.2. The summed E-state index contributed by atoms with van der Waals surface area (Å²) in [5.41, 5.74) is 6.16.